The van der Waals surface area contributed by atoms with E-state index in [2.05, 4.69) is 32.4 Å². The molecule has 0 spiro atoms. The van der Waals surface area contributed by atoms with Crippen LogP contribution in [-0.4, -0.2) is 27.2 Å². The van der Waals surface area contributed by atoms with Gasteiger partial charge in [-0.15, -0.1) is 5.10 Å². The first-order chi connectivity index (χ1) is 9.13. The third-order valence-electron chi connectivity index (χ3n) is 2.74. The zero-order chi connectivity index (χ0) is 13.8. The molecule has 0 amide bonds. The van der Waals surface area contributed by atoms with E-state index in [1.807, 2.05) is 27.0 Å². The predicted octanol–water partition coefficient (Wildman–Crippen LogP) is 2.60. The van der Waals surface area contributed by atoms with E-state index in [9.17, 15) is 0 Å². The van der Waals surface area contributed by atoms with Crippen LogP contribution in [0.25, 0.3) is 0 Å². The van der Waals surface area contributed by atoms with Crippen LogP contribution in [0, 0.1) is 13.8 Å². The molecule has 6 heteroatoms. The molecule has 0 atom stereocenters. The number of hydrogen-bond acceptors (Lipinski definition) is 5. The molecule has 2 N–H and O–H groups in total. The van der Waals surface area contributed by atoms with E-state index in [0.29, 0.717) is 11.8 Å². The molecule has 0 fully saturated rings. The quantitative estimate of drug-likeness (QED) is 0.865. The minimum atomic E-state index is 0.517. The van der Waals surface area contributed by atoms with E-state index in [1.54, 1.807) is 0 Å². The average molecular weight is 261 g/mol. The molecular formula is C13H19N5O. The van der Waals surface area contributed by atoms with Gasteiger partial charge in [0, 0.05) is 25.2 Å². The van der Waals surface area contributed by atoms with Gasteiger partial charge in [-0.25, -0.2) is 4.98 Å². The summed E-state index contributed by atoms with van der Waals surface area (Å²) in [7, 11) is 1.84. The summed E-state index contributed by atoms with van der Waals surface area (Å²) in [5, 5.41) is 9.96. The summed E-state index contributed by atoms with van der Waals surface area (Å²) >= 11 is 0. The number of aryl methyl sites for hydroxylation is 2. The number of rotatable bonds is 5. The van der Waals surface area contributed by atoms with Gasteiger partial charge in [-0.2, -0.15) is 4.98 Å². The molecule has 2 heterocycles. The maximum Gasteiger partial charge on any atom is 0.240 e. The van der Waals surface area contributed by atoms with Gasteiger partial charge in [0.25, 0.3) is 0 Å². The van der Waals surface area contributed by atoms with Crippen molar-refractivity contribution in [3.63, 3.8) is 0 Å². The van der Waals surface area contributed by atoms with Crippen molar-refractivity contribution in [3.05, 3.63) is 23.1 Å². The van der Waals surface area contributed by atoms with Gasteiger partial charge in [0.05, 0.1) is 5.56 Å². The van der Waals surface area contributed by atoms with Gasteiger partial charge in [0.2, 0.25) is 11.8 Å². The van der Waals surface area contributed by atoms with Crippen LogP contribution in [-0.2, 0) is 6.42 Å². The number of aromatic amines is 1. The van der Waals surface area contributed by atoms with Crippen molar-refractivity contribution in [2.24, 2.45) is 0 Å². The van der Waals surface area contributed by atoms with E-state index < -0.39 is 0 Å². The molecule has 0 bridgehead atoms. The van der Waals surface area contributed by atoms with Crippen LogP contribution in [0.15, 0.2) is 6.07 Å². The lowest BCUT2D eigenvalue weighted by Gasteiger charge is -2.11. The molecule has 6 nitrogen and oxygen atoms in total. The van der Waals surface area contributed by atoms with Crippen molar-refractivity contribution < 1.29 is 4.74 Å². The van der Waals surface area contributed by atoms with Crippen molar-refractivity contribution in [3.8, 4) is 11.8 Å². The highest BCUT2D eigenvalue weighted by Crippen LogP contribution is 2.26. The van der Waals surface area contributed by atoms with E-state index >= 15 is 0 Å². The maximum atomic E-state index is 5.73. The van der Waals surface area contributed by atoms with Gasteiger partial charge >= 0.3 is 0 Å². The summed E-state index contributed by atoms with van der Waals surface area (Å²) in [6.45, 7) is 5.95. The second-order valence-electron chi connectivity index (χ2n) is 4.41. The number of aromatic nitrogens is 4. The Kier molecular flexibility index (Phi) is 3.99. The zero-order valence-electron chi connectivity index (χ0n) is 11.7. The van der Waals surface area contributed by atoms with Crippen LogP contribution < -0.4 is 10.1 Å². The lowest BCUT2D eigenvalue weighted by atomic mass is 10.3. The molecule has 0 saturated carbocycles. The Hall–Kier alpha value is -2.11. The molecular weight excluding hydrogens is 242 g/mol. The fourth-order valence-electron chi connectivity index (χ4n) is 1.76. The first-order valence-corrected chi connectivity index (χ1v) is 6.39. The lowest BCUT2D eigenvalue weighted by molar-refractivity contribution is 0.436. The van der Waals surface area contributed by atoms with Gasteiger partial charge in [-0.1, -0.05) is 6.92 Å². The third-order valence-corrected chi connectivity index (χ3v) is 2.74. The number of hydrogen-bond donors (Lipinski definition) is 2. The summed E-state index contributed by atoms with van der Waals surface area (Å²) in [4.78, 5) is 8.91. The van der Waals surface area contributed by atoms with Crippen LogP contribution >= 0.6 is 0 Å². The monoisotopic (exact) mass is 261 g/mol. The van der Waals surface area contributed by atoms with E-state index in [0.717, 1.165) is 35.7 Å². The Balaban J connectivity index is 2.34. The van der Waals surface area contributed by atoms with Crippen molar-refractivity contribution >= 4 is 5.82 Å². The summed E-state index contributed by atoms with van der Waals surface area (Å²) in [6.07, 6.45) is 1.82. The SMILES string of the molecule is CCCc1nc(NC)c(C)c(Oc2cc(C)[nH]n2)n1. The van der Waals surface area contributed by atoms with Gasteiger partial charge in [-0.05, 0) is 20.3 Å². The van der Waals surface area contributed by atoms with E-state index in [4.69, 9.17) is 4.74 Å². The molecule has 19 heavy (non-hydrogen) atoms. The van der Waals surface area contributed by atoms with Gasteiger partial charge in [0.15, 0.2) is 0 Å². The summed E-state index contributed by atoms with van der Waals surface area (Å²) in [5.41, 5.74) is 1.83. The molecule has 0 aromatic carbocycles. The second kappa shape index (κ2) is 5.69. The second-order valence-corrected chi connectivity index (χ2v) is 4.41. The van der Waals surface area contributed by atoms with Crippen LogP contribution in [0.1, 0.15) is 30.4 Å². The van der Waals surface area contributed by atoms with Crippen molar-refractivity contribution in [2.45, 2.75) is 33.6 Å². The first-order valence-electron chi connectivity index (χ1n) is 6.39. The predicted molar refractivity (Wildman–Crippen MR) is 73.7 cm³/mol. The summed E-state index contributed by atoms with van der Waals surface area (Å²) in [5.74, 6) is 2.64. The van der Waals surface area contributed by atoms with E-state index in [-0.39, 0.29) is 0 Å². The number of H-pyrrole nitrogens is 1. The minimum Gasteiger partial charge on any atom is -0.419 e. The van der Waals surface area contributed by atoms with Crippen LogP contribution in [0.4, 0.5) is 5.82 Å². The highest BCUT2D eigenvalue weighted by Gasteiger charge is 2.12. The molecule has 102 valence electrons. The maximum absolute atomic E-state index is 5.73. The Morgan fingerprint density at radius 1 is 1.32 bits per heavy atom. The fourth-order valence-corrected chi connectivity index (χ4v) is 1.76. The summed E-state index contributed by atoms with van der Waals surface area (Å²) < 4.78 is 5.73. The number of ether oxygens (including phenoxy) is 1. The normalized spacial score (nSPS) is 10.5. The Bertz CT molecular complexity index is 564. The van der Waals surface area contributed by atoms with Gasteiger partial charge < -0.3 is 10.1 Å². The molecule has 0 saturated heterocycles. The largest absolute Gasteiger partial charge is 0.419 e. The van der Waals surface area contributed by atoms with Crippen LogP contribution in [0.5, 0.6) is 11.8 Å². The van der Waals surface area contributed by atoms with Crippen LogP contribution in [0.3, 0.4) is 0 Å². The summed E-state index contributed by atoms with van der Waals surface area (Å²) in [6, 6.07) is 1.83. The number of nitrogens with zero attached hydrogens (tertiary/aromatic N) is 3. The van der Waals surface area contributed by atoms with Crippen molar-refractivity contribution in [1.29, 1.82) is 0 Å². The molecule has 2 aromatic heterocycles. The average Bonchev–Trinajstić information content (AvgIpc) is 2.79. The minimum absolute atomic E-state index is 0.517. The number of nitrogens with one attached hydrogen (secondary N) is 2. The van der Waals surface area contributed by atoms with Crippen molar-refractivity contribution in [1.82, 2.24) is 20.2 Å². The molecule has 2 aromatic rings. The standard InChI is InChI=1S/C13H19N5O/c1-5-6-10-15-12(14-4)9(3)13(16-10)19-11-7-8(2)17-18-11/h7H,5-6H2,1-4H3,(H,17,18)(H,14,15,16). The number of anilines is 1. The molecule has 0 aliphatic carbocycles. The van der Waals surface area contributed by atoms with Gasteiger partial charge in [-0.3, -0.25) is 5.10 Å². The van der Waals surface area contributed by atoms with Crippen LogP contribution in [0.2, 0.25) is 0 Å². The molecule has 0 unspecified atom stereocenters. The topological polar surface area (TPSA) is 75.7 Å². The Morgan fingerprint density at radius 3 is 2.68 bits per heavy atom. The molecule has 2 rings (SSSR count). The first kappa shape index (κ1) is 13.3. The smallest absolute Gasteiger partial charge is 0.240 e. The molecule has 0 aliphatic rings. The Morgan fingerprint density at radius 2 is 2.11 bits per heavy atom. The highest BCUT2D eigenvalue weighted by atomic mass is 16.5. The molecule has 0 aliphatic heterocycles. The fraction of sp³-hybridized carbons (Fsp3) is 0.462. The molecule has 0 radical (unpaired) electrons. The van der Waals surface area contributed by atoms with Crippen molar-refractivity contribution in [2.75, 3.05) is 12.4 Å². The van der Waals surface area contributed by atoms with Gasteiger partial charge in [0.1, 0.15) is 11.6 Å². The highest BCUT2D eigenvalue weighted by molar-refractivity contribution is 5.48. The van der Waals surface area contributed by atoms with E-state index in [1.165, 1.54) is 0 Å². The zero-order valence-corrected chi connectivity index (χ0v) is 11.7. The Labute approximate surface area is 112 Å². The lowest BCUT2D eigenvalue weighted by Crippen LogP contribution is -2.05. The third kappa shape index (κ3) is 3.01.